The summed E-state index contributed by atoms with van der Waals surface area (Å²) in [6.07, 6.45) is -0.0115. The molecule has 1 aromatic carbocycles. The van der Waals surface area contributed by atoms with Crippen molar-refractivity contribution in [1.29, 1.82) is 0 Å². The zero-order valence-corrected chi connectivity index (χ0v) is 16.0. The Bertz CT molecular complexity index is 735. The Morgan fingerprint density at radius 2 is 1.81 bits per heavy atom. The van der Waals surface area contributed by atoms with E-state index in [9.17, 15) is 22.7 Å². The van der Waals surface area contributed by atoms with Crippen LogP contribution in [-0.2, 0) is 14.8 Å². The van der Waals surface area contributed by atoms with E-state index in [2.05, 4.69) is 4.72 Å². The summed E-state index contributed by atoms with van der Waals surface area (Å²) in [5.74, 6) is -0.530. The predicted molar refractivity (Wildman–Crippen MR) is 93.6 cm³/mol. The van der Waals surface area contributed by atoms with Gasteiger partial charge in [-0.15, -0.1) is 0 Å². The van der Waals surface area contributed by atoms with Gasteiger partial charge in [-0.05, 0) is 57.9 Å². The molecule has 9 heteroatoms. The van der Waals surface area contributed by atoms with Crippen LogP contribution in [0.5, 0.6) is 0 Å². The smallest absolute Gasteiger partial charge is 0.410 e. The minimum Gasteiger partial charge on any atom is -0.444 e. The number of halogens is 1. The van der Waals surface area contributed by atoms with Gasteiger partial charge in [0.05, 0.1) is 10.5 Å². The first-order chi connectivity index (χ1) is 11.9. The van der Waals surface area contributed by atoms with Crippen molar-refractivity contribution < 1.29 is 27.4 Å². The van der Waals surface area contributed by atoms with Gasteiger partial charge < -0.3 is 14.7 Å². The van der Waals surface area contributed by atoms with Crippen LogP contribution in [0.25, 0.3) is 0 Å². The monoisotopic (exact) mass is 388 g/mol. The molecule has 0 bridgehead atoms. The first-order valence-corrected chi connectivity index (χ1v) is 9.84. The van der Waals surface area contributed by atoms with E-state index in [1.54, 1.807) is 20.8 Å². The van der Waals surface area contributed by atoms with E-state index in [0.717, 1.165) is 24.3 Å². The summed E-state index contributed by atoms with van der Waals surface area (Å²) in [6.45, 7) is 5.67. The Kier molecular flexibility index (Phi) is 5.94. The largest absolute Gasteiger partial charge is 0.444 e. The highest BCUT2D eigenvalue weighted by atomic mass is 32.2. The van der Waals surface area contributed by atoms with E-state index < -0.39 is 33.1 Å². The normalized spacial score (nSPS) is 17.8. The Morgan fingerprint density at radius 3 is 2.31 bits per heavy atom. The van der Waals surface area contributed by atoms with Crippen molar-refractivity contribution in [1.82, 2.24) is 9.62 Å². The maximum Gasteiger partial charge on any atom is 0.410 e. The van der Waals surface area contributed by atoms with Gasteiger partial charge in [-0.1, -0.05) is 0 Å². The van der Waals surface area contributed by atoms with Gasteiger partial charge in [-0.25, -0.2) is 22.3 Å². The number of sulfonamides is 1. The zero-order chi connectivity index (χ0) is 19.6. The number of aliphatic hydroxyl groups is 1. The number of hydrogen-bond acceptors (Lipinski definition) is 5. The fourth-order valence-electron chi connectivity index (χ4n) is 2.54. The van der Waals surface area contributed by atoms with Crippen molar-refractivity contribution in [3.63, 3.8) is 0 Å². The number of piperidine rings is 1. The number of ether oxygens (including phenoxy) is 1. The quantitative estimate of drug-likeness (QED) is 0.821. The molecule has 1 heterocycles. The van der Waals surface area contributed by atoms with Crippen molar-refractivity contribution in [3.05, 3.63) is 30.1 Å². The Morgan fingerprint density at radius 1 is 1.27 bits per heavy atom. The van der Waals surface area contributed by atoms with Crippen LogP contribution in [0.4, 0.5) is 9.18 Å². The summed E-state index contributed by atoms with van der Waals surface area (Å²) < 4.78 is 45.0. The van der Waals surface area contributed by atoms with Gasteiger partial charge in [0.15, 0.2) is 0 Å². The maximum absolute atomic E-state index is 12.9. The molecule has 0 spiro atoms. The molecule has 1 aliphatic rings. The molecule has 26 heavy (non-hydrogen) atoms. The van der Waals surface area contributed by atoms with Gasteiger partial charge >= 0.3 is 6.09 Å². The highest BCUT2D eigenvalue weighted by Gasteiger charge is 2.36. The van der Waals surface area contributed by atoms with Crippen LogP contribution >= 0.6 is 0 Å². The van der Waals surface area contributed by atoms with Gasteiger partial charge in [0.2, 0.25) is 10.0 Å². The lowest BCUT2D eigenvalue weighted by atomic mass is 9.92. The lowest BCUT2D eigenvalue weighted by molar-refractivity contribution is -0.0284. The number of nitrogens with zero attached hydrogens (tertiary/aromatic N) is 1. The molecule has 0 aromatic heterocycles. The molecule has 0 aliphatic carbocycles. The lowest BCUT2D eigenvalue weighted by Crippen LogP contribution is -2.52. The topological polar surface area (TPSA) is 95.9 Å². The highest BCUT2D eigenvalue weighted by molar-refractivity contribution is 7.89. The summed E-state index contributed by atoms with van der Waals surface area (Å²) in [5, 5.41) is 10.6. The van der Waals surface area contributed by atoms with Crippen molar-refractivity contribution in [2.24, 2.45) is 0 Å². The summed E-state index contributed by atoms with van der Waals surface area (Å²) in [4.78, 5) is 13.5. The third kappa shape index (κ3) is 5.65. The van der Waals surface area contributed by atoms with Crippen molar-refractivity contribution in [2.45, 2.75) is 49.7 Å². The third-order valence-corrected chi connectivity index (χ3v) is 5.48. The molecular formula is C17H25FN2O5S. The predicted octanol–water partition coefficient (Wildman–Crippen LogP) is 1.87. The molecular weight excluding hydrogens is 363 g/mol. The molecule has 2 N–H and O–H groups in total. The summed E-state index contributed by atoms with van der Waals surface area (Å²) in [5.41, 5.74) is -1.86. The van der Waals surface area contributed by atoms with Crippen LogP contribution in [0.15, 0.2) is 29.2 Å². The molecule has 2 rings (SSSR count). The lowest BCUT2D eigenvalue weighted by Gasteiger charge is -2.38. The highest BCUT2D eigenvalue weighted by Crippen LogP contribution is 2.24. The maximum atomic E-state index is 12.9. The molecule has 0 saturated carbocycles. The molecule has 146 valence electrons. The van der Waals surface area contributed by atoms with Crippen molar-refractivity contribution in [3.8, 4) is 0 Å². The number of carbonyl (C=O) groups is 1. The van der Waals surface area contributed by atoms with Crippen LogP contribution in [0.2, 0.25) is 0 Å². The van der Waals surface area contributed by atoms with Crippen LogP contribution in [0.3, 0.4) is 0 Å². The van der Waals surface area contributed by atoms with Crippen LogP contribution in [0.1, 0.15) is 33.6 Å². The van der Waals surface area contributed by atoms with Crippen LogP contribution < -0.4 is 4.72 Å². The fraction of sp³-hybridized carbons (Fsp3) is 0.588. The molecule has 0 unspecified atom stereocenters. The van der Waals surface area contributed by atoms with Crippen molar-refractivity contribution >= 4 is 16.1 Å². The minimum absolute atomic E-state index is 0.0753. The van der Waals surface area contributed by atoms with Gasteiger partial charge in [-0.3, -0.25) is 0 Å². The summed E-state index contributed by atoms with van der Waals surface area (Å²) in [7, 11) is -3.85. The van der Waals surface area contributed by atoms with Crippen molar-refractivity contribution in [2.75, 3.05) is 19.6 Å². The van der Waals surface area contributed by atoms with E-state index in [0.29, 0.717) is 0 Å². The second-order valence-electron chi connectivity index (χ2n) is 7.47. The van der Waals surface area contributed by atoms with Gasteiger partial charge in [0.1, 0.15) is 11.4 Å². The number of hydrogen-bond donors (Lipinski definition) is 2. The first kappa shape index (κ1) is 20.6. The van der Waals surface area contributed by atoms with Gasteiger partial charge in [0, 0.05) is 19.6 Å². The minimum atomic E-state index is -3.85. The molecule has 1 aromatic rings. The Labute approximate surface area is 153 Å². The number of carbonyl (C=O) groups excluding carboxylic acids is 1. The van der Waals surface area contributed by atoms with Gasteiger partial charge in [-0.2, -0.15) is 0 Å². The average Bonchev–Trinajstić information content (AvgIpc) is 2.53. The molecule has 1 fully saturated rings. The number of rotatable bonds is 4. The van der Waals surface area contributed by atoms with Crippen LogP contribution in [0, 0.1) is 5.82 Å². The molecule has 0 radical (unpaired) electrons. The summed E-state index contributed by atoms with van der Waals surface area (Å²) >= 11 is 0. The molecule has 1 aliphatic heterocycles. The molecule has 7 nitrogen and oxygen atoms in total. The zero-order valence-electron chi connectivity index (χ0n) is 15.2. The van der Waals surface area contributed by atoms with E-state index in [1.807, 2.05) is 0 Å². The standard InChI is InChI=1S/C17H25FN2O5S/c1-16(2,3)25-15(21)20-10-8-17(22,9-11-20)12-19-26(23,24)14-6-4-13(18)5-7-14/h4-7,19,22H,8-12H2,1-3H3. The second kappa shape index (κ2) is 7.50. The number of nitrogens with one attached hydrogen (secondary N) is 1. The average molecular weight is 388 g/mol. The Balaban J connectivity index is 1.91. The van der Waals surface area contributed by atoms with Crippen LogP contribution in [-0.4, -0.2) is 55.4 Å². The first-order valence-electron chi connectivity index (χ1n) is 8.36. The summed E-state index contributed by atoms with van der Waals surface area (Å²) in [6, 6.07) is 4.44. The Hall–Kier alpha value is -1.71. The van der Waals surface area contributed by atoms with Gasteiger partial charge in [0.25, 0.3) is 0 Å². The SMILES string of the molecule is CC(C)(C)OC(=O)N1CCC(O)(CNS(=O)(=O)c2ccc(F)cc2)CC1. The van der Waals surface area contributed by atoms with E-state index in [4.69, 9.17) is 4.74 Å². The number of benzene rings is 1. The van der Waals surface area contributed by atoms with E-state index in [1.165, 1.54) is 4.90 Å². The third-order valence-electron chi connectivity index (χ3n) is 4.06. The second-order valence-corrected chi connectivity index (χ2v) is 9.24. The molecule has 1 amide bonds. The molecule has 1 saturated heterocycles. The number of likely N-dealkylation sites (tertiary alicyclic amines) is 1. The van der Waals surface area contributed by atoms with E-state index >= 15 is 0 Å². The fourth-order valence-corrected chi connectivity index (χ4v) is 3.65. The van der Waals surface area contributed by atoms with E-state index in [-0.39, 0.29) is 37.4 Å². The molecule has 0 atom stereocenters. The number of amides is 1.